The second-order valence-electron chi connectivity index (χ2n) is 8.04. The van der Waals surface area contributed by atoms with Crippen LogP contribution in [0.4, 0.5) is 0 Å². The summed E-state index contributed by atoms with van der Waals surface area (Å²) in [6.45, 7) is 1.96. The summed E-state index contributed by atoms with van der Waals surface area (Å²) in [5.41, 5.74) is 8.71. The van der Waals surface area contributed by atoms with E-state index in [-0.39, 0.29) is 25.1 Å². The number of nitrogens with zero attached hydrogens (tertiary/aromatic N) is 2. The molecule has 0 aliphatic carbocycles. The molecule has 0 spiro atoms. The molecule has 2 heterocycles. The number of amides is 1. The highest BCUT2D eigenvalue weighted by Gasteiger charge is 2.43. The van der Waals surface area contributed by atoms with E-state index in [2.05, 4.69) is 28.8 Å². The number of aromatic nitrogens is 2. The predicted molar refractivity (Wildman–Crippen MR) is 119 cm³/mol. The molecular formula is C22H26N4O5S. The van der Waals surface area contributed by atoms with Gasteiger partial charge in [-0.3, -0.25) is 14.7 Å². The maximum atomic E-state index is 12.1. The molecular weight excluding hydrogens is 432 g/mol. The molecule has 1 fully saturated rings. The first-order chi connectivity index (χ1) is 15.1. The number of nitrogens with one attached hydrogen (secondary N) is 1. The van der Waals surface area contributed by atoms with Crippen molar-refractivity contribution in [2.24, 2.45) is 5.73 Å². The Hall–Kier alpha value is -2.89. The van der Waals surface area contributed by atoms with E-state index in [0.29, 0.717) is 12.1 Å². The maximum Gasteiger partial charge on any atom is 0.264 e. The lowest BCUT2D eigenvalue weighted by molar-refractivity contribution is -0.131. The van der Waals surface area contributed by atoms with Crippen LogP contribution in [0.25, 0.3) is 10.9 Å². The van der Waals surface area contributed by atoms with Gasteiger partial charge in [0.25, 0.3) is 5.91 Å². The van der Waals surface area contributed by atoms with Gasteiger partial charge in [-0.05, 0) is 56.2 Å². The normalized spacial score (nSPS) is 20.4. The maximum absolute atomic E-state index is 12.1. The van der Waals surface area contributed by atoms with Crippen molar-refractivity contribution in [3.63, 3.8) is 0 Å². The number of carbonyl (C=O) groups excluding carboxylic acids is 1. The number of hydroxylamine groups is 1. The molecule has 1 aliphatic heterocycles. The average Bonchev–Trinajstić information content (AvgIpc) is 3.17. The Labute approximate surface area is 187 Å². The molecule has 0 bridgehead atoms. The first-order valence-corrected chi connectivity index (χ1v) is 12.0. The molecule has 10 heteroatoms. The lowest BCUT2D eigenvalue weighted by Gasteiger charge is -2.24. The van der Waals surface area contributed by atoms with Gasteiger partial charge in [-0.25, -0.2) is 13.9 Å². The Kier molecular flexibility index (Phi) is 7.22. The van der Waals surface area contributed by atoms with Crippen LogP contribution in [0.3, 0.4) is 0 Å². The molecule has 9 nitrogen and oxygen atoms in total. The number of sulfone groups is 1. The number of ether oxygens (including phenoxy) is 1. The average molecular weight is 459 g/mol. The quantitative estimate of drug-likeness (QED) is 0.339. The van der Waals surface area contributed by atoms with Crippen molar-refractivity contribution in [1.29, 1.82) is 0 Å². The molecule has 1 amide bonds. The van der Waals surface area contributed by atoms with Crippen LogP contribution in [-0.2, 0) is 25.9 Å². The van der Waals surface area contributed by atoms with E-state index in [1.165, 1.54) is 12.4 Å². The highest BCUT2D eigenvalue weighted by atomic mass is 32.2. The Balaban J connectivity index is 1.70. The number of fused-ring (bicyclic) bond motifs is 1. The Bertz CT molecular complexity index is 1220. The van der Waals surface area contributed by atoms with Crippen LogP contribution in [0.2, 0.25) is 0 Å². The number of carbonyl (C=O) groups is 1. The zero-order valence-electron chi connectivity index (χ0n) is 18.0. The minimum absolute atomic E-state index is 0.0530. The Morgan fingerprint density at radius 3 is 2.84 bits per heavy atom. The van der Waals surface area contributed by atoms with E-state index in [1.54, 1.807) is 10.9 Å². The van der Waals surface area contributed by atoms with Gasteiger partial charge in [-0.1, -0.05) is 11.8 Å². The van der Waals surface area contributed by atoms with Gasteiger partial charge in [0.1, 0.15) is 6.10 Å². The van der Waals surface area contributed by atoms with Crippen molar-refractivity contribution in [3.8, 4) is 23.7 Å². The first kappa shape index (κ1) is 23.8. The molecule has 32 heavy (non-hydrogen) atoms. The molecule has 1 aliphatic rings. The molecule has 1 saturated heterocycles. The molecule has 1 aromatic heterocycles. The number of hydrogen-bond donors (Lipinski definition) is 3. The fourth-order valence-corrected chi connectivity index (χ4v) is 4.13. The van der Waals surface area contributed by atoms with E-state index in [9.17, 15) is 13.2 Å². The molecule has 2 aromatic rings. The van der Waals surface area contributed by atoms with E-state index in [1.807, 2.05) is 18.2 Å². The van der Waals surface area contributed by atoms with Crippen molar-refractivity contribution in [2.75, 3.05) is 12.9 Å². The minimum atomic E-state index is -3.77. The SMILES string of the molecule is C[C@@](CCn1cc2cc(C#CC#C[C@@H]3CC[C@H](N)CO3)ccc2n1)(C(=O)NO)S(C)(=O)=O. The van der Waals surface area contributed by atoms with Crippen LogP contribution in [0.1, 0.15) is 31.7 Å². The van der Waals surface area contributed by atoms with Crippen LogP contribution in [0.15, 0.2) is 24.4 Å². The zero-order valence-corrected chi connectivity index (χ0v) is 18.8. The van der Waals surface area contributed by atoms with Crippen LogP contribution in [0.5, 0.6) is 0 Å². The third-order valence-corrected chi connectivity index (χ3v) is 7.61. The van der Waals surface area contributed by atoms with Crippen molar-refractivity contribution in [2.45, 2.75) is 49.6 Å². The van der Waals surface area contributed by atoms with Gasteiger partial charge in [0.05, 0.1) is 12.1 Å². The fraction of sp³-hybridized carbons (Fsp3) is 0.455. The molecule has 3 atom stereocenters. The summed E-state index contributed by atoms with van der Waals surface area (Å²) in [6, 6.07) is 5.58. The third-order valence-electron chi connectivity index (χ3n) is 5.58. The van der Waals surface area contributed by atoms with Crippen molar-refractivity contribution in [3.05, 3.63) is 30.0 Å². The zero-order chi connectivity index (χ0) is 23.4. The molecule has 170 valence electrons. The summed E-state index contributed by atoms with van der Waals surface area (Å²) in [5.74, 6) is 10.7. The predicted octanol–water partition coefficient (Wildman–Crippen LogP) is 0.596. The standard InChI is InChI=1S/C22H26N4O5S/c1-22(21(27)25-28,32(2,29)30)11-12-26-14-17-13-16(7-10-20(17)24-26)5-3-4-6-19-9-8-18(23)15-31-19/h7,10,13-14,18-19,28H,8-9,11-12,15,23H2,1-2H3,(H,25,27)/t18-,19+,22+/m0/s1. The topological polar surface area (TPSA) is 137 Å². The lowest BCUT2D eigenvalue weighted by Crippen LogP contribution is -2.49. The van der Waals surface area contributed by atoms with E-state index < -0.39 is 20.5 Å². The molecule has 0 unspecified atom stereocenters. The molecule has 0 saturated carbocycles. The number of hydrogen-bond acceptors (Lipinski definition) is 7. The van der Waals surface area contributed by atoms with Gasteiger partial charge >= 0.3 is 0 Å². The summed E-state index contributed by atoms with van der Waals surface area (Å²) >= 11 is 0. The second kappa shape index (κ2) is 9.72. The fourth-order valence-electron chi connectivity index (χ4n) is 3.29. The summed E-state index contributed by atoms with van der Waals surface area (Å²) in [7, 11) is -3.77. The first-order valence-electron chi connectivity index (χ1n) is 10.1. The Morgan fingerprint density at radius 1 is 1.41 bits per heavy atom. The van der Waals surface area contributed by atoms with Gasteiger partial charge in [0.2, 0.25) is 0 Å². The van der Waals surface area contributed by atoms with Gasteiger partial charge in [-0.2, -0.15) is 5.10 Å². The lowest BCUT2D eigenvalue weighted by atomic mass is 10.1. The summed E-state index contributed by atoms with van der Waals surface area (Å²) in [6.07, 6.45) is 4.23. The Morgan fingerprint density at radius 2 is 2.19 bits per heavy atom. The number of rotatable bonds is 5. The summed E-state index contributed by atoms with van der Waals surface area (Å²) in [5, 5.41) is 14.2. The minimum Gasteiger partial charge on any atom is -0.364 e. The van der Waals surface area contributed by atoms with Crippen molar-refractivity contribution < 1.29 is 23.2 Å². The van der Waals surface area contributed by atoms with Gasteiger partial charge < -0.3 is 10.5 Å². The van der Waals surface area contributed by atoms with Crippen LogP contribution in [0, 0.1) is 23.7 Å². The largest absolute Gasteiger partial charge is 0.364 e. The van der Waals surface area contributed by atoms with Crippen molar-refractivity contribution in [1.82, 2.24) is 15.3 Å². The van der Waals surface area contributed by atoms with Crippen LogP contribution < -0.4 is 11.2 Å². The van der Waals surface area contributed by atoms with Gasteiger partial charge in [0, 0.05) is 36.0 Å². The second-order valence-corrected chi connectivity index (χ2v) is 10.5. The van der Waals surface area contributed by atoms with Gasteiger partial charge in [-0.15, -0.1) is 0 Å². The van der Waals surface area contributed by atoms with E-state index >= 15 is 0 Å². The smallest absolute Gasteiger partial charge is 0.264 e. The van der Waals surface area contributed by atoms with Crippen LogP contribution in [-0.4, -0.2) is 59.1 Å². The molecule has 3 rings (SSSR count). The van der Waals surface area contributed by atoms with Crippen LogP contribution >= 0.6 is 0 Å². The third kappa shape index (κ3) is 5.47. The molecule has 1 aromatic carbocycles. The highest BCUT2D eigenvalue weighted by molar-refractivity contribution is 7.92. The molecule has 4 N–H and O–H groups in total. The molecule has 0 radical (unpaired) electrons. The number of benzene rings is 1. The number of nitrogens with two attached hydrogens (primary N) is 1. The summed E-state index contributed by atoms with van der Waals surface area (Å²) < 4.78 is 29.5. The van der Waals surface area contributed by atoms with Gasteiger partial charge in [0.15, 0.2) is 14.6 Å². The highest BCUT2D eigenvalue weighted by Crippen LogP contribution is 2.23. The number of aryl methyl sites for hydroxylation is 1. The van der Waals surface area contributed by atoms with Crippen molar-refractivity contribution >= 4 is 26.6 Å². The van der Waals surface area contributed by atoms with E-state index in [4.69, 9.17) is 15.7 Å². The van der Waals surface area contributed by atoms with E-state index in [0.717, 1.165) is 30.0 Å². The summed E-state index contributed by atoms with van der Waals surface area (Å²) in [4.78, 5) is 11.9. The monoisotopic (exact) mass is 458 g/mol.